The van der Waals surface area contributed by atoms with Crippen LogP contribution >= 0.6 is 11.6 Å². The third-order valence-electron chi connectivity index (χ3n) is 3.38. The summed E-state index contributed by atoms with van der Waals surface area (Å²) in [6.45, 7) is 2.75. The molecule has 1 aromatic carbocycles. The van der Waals surface area contributed by atoms with Gasteiger partial charge in [-0.1, -0.05) is 11.6 Å². The van der Waals surface area contributed by atoms with E-state index in [1.165, 1.54) is 6.26 Å². The summed E-state index contributed by atoms with van der Waals surface area (Å²) in [5.41, 5.74) is 1.55. The van der Waals surface area contributed by atoms with Crippen molar-refractivity contribution in [3.05, 3.63) is 52.4 Å². The van der Waals surface area contributed by atoms with Crippen molar-refractivity contribution in [1.29, 1.82) is 0 Å². The number of carbonyl (C=O) groups is 3. The van der Waals surface area contributed by atoms with Crippen molar-refractivity contribution in [2.75, 3.05) is 13.2 Å². The lowest BCUT2D eigenvalue weighted by atomic mass is 10.1. The number of amides is 3. The van der Waals surface area contributed by atoms with Crippen LogP contribution in [0.5, 0.6) is 5.75 Å². The minimum Gasteiger partial charge on any atom is -0.481 e. The van der Waals surface area contributed by atoms with Crippen molar-refractivity contribution in [2.24, 2.45) is 0 Å². The van der Waals surface area contributed by atoms with E-state index in [1.807, 2.05) is 5.32 Å². The van der Waals surface area contributed by atoms with E-state index in [0.29, 0.717) is 16.5 Å². The van der Waals surface area contributed by atoms with Crippen molar-refractivity contribution in [3.63, 3.8) is 0 Å². The lowest BCUT2D eigenvalue weighted by Crippen LogP contribution is -2.41. The molecule has 144 valence electrons. The fourth-order valence-electron chi connectivity index (χ4n) is 2.23. The summed E-state index contributed by atoms with van der Waals surface area (Å²) in [6, 6.07) is 6.05. The van der Waals surface area contributed by atoms with E-state index in [1.54, 1.807) is 38.1 Å². The predicted molar refractivity (Wildman–Crippen MR) is 96.5 cm³/mol. The molecule has 1 aromatic heterocycles. The summed E-state index contributed by atoms with van der Waals surface area (Å²) in [5, 5.41) is 5.03. The molecule has 2 rings (SSSR count). The molecule has 27 heavy (non-hydrogen) atoms. The number of rotatable bonds is 7. The largest absolute Gasteiger partial charge is 0.481 e. The Morgan fingerprint density at radius 3 is 2.48 bits per heavy atom. The number of urea groups is 1. The maximum Gasteiger partial charge on any atom is 0.344 e. The van der Waals surface area contributed by atoms with Crippen LogP contribution in [0.15, 0.2) is 34.9 Å². The molecule has 0 fully saturated rings. The number of imide groups is 1. The Morgan fingerprint density at radius 2 is 1.85 bits per heavy atom. The smallest absolute Gasteiger partial charge is 0.344 e. The van der Waals surface area contributed by atoms with E-state index < -0.39 is 24.5 Å². The minimum absolute atomic E-state index is 0.125. The van der Waals surface area contributed by atoms with Crippen molar-refractivity contribution < 1.29 is 28.3 Å². The van der Waals surface area contributed by atoms with Gasteiger partial charge in [-0.15, -0.1) is 0 Å². The zero-order valence-electron chi connectivity index (χ0n) is 14.8. The molecule has 0 bridgehead atoms. The molecule has 0 aliphatic carbocycles. The van der Waals surface area contributed by atoms with Gasteiger partial charge < -0.3 is 19.2 Å². The van der Waals surface area contributed by atoms with Gasteiger partial charge in [0.15, 0.2) is 13.2 Å². The zero-order valence-corrected chi connectivity index (χ0v) is 15.6. The van der Waals surface area contributed by atoms with E-state index in [0.717, 1.165) is 11.1 Å². The van der Waals surface area contributed by atoms with Crippen molar-refractivity contribution in [1.82, 2.24) is 10.6 Å². The highest BCUT2D eigenvalue weighted by molar-refractivity contribution is 6.30. The fraction of sp³-hybridized carbons (Fsp3) is 0.278. The van der Waals surface area contributed by atoms with Gasteiger partial charge in [-0.2, -0.15) is 0 Å². The SMILES string of the molecule is Cc1cc(Cl)cc(C)c1OCC(=O)OCC(=O)NC(=O)NCc1ccco1. The molecule has 0 saturated heterocycles. The normalized spacial score (nSPS) is 10.2. The zero-order chi connectivity index (χ0) is 19.8. The molecule has 2 aromatic rings. The first kappa shape index (κ1) is 20.3. The monoisotopic (exact) mass is 394 g/mol. The Kier molecular flexibility index (Phi) is 7.25. The summed E-state index contributed by atoms with van der Waals surface area (Å²) in [5.74, 6) is -0.443. The number of ether oxygens (including phenoxy) is 2. The van der Waals surface area contributed by atoms with Crippen LogP contribution in [-0.4, -0.2) is 31.1 Å². The first-order valence-electron chi connectivity index (χ1n) is 8.00. The van der Waals surface area contributed by atoms with Gasteiger partial charge in [-0.25, -0.2) is 9.59 Å². The number of benzene rings is 1. The number of furan rings is 1. The quantitative estimate of drug-likeness (QED) is 0.699. The molecule has 0 aliphatic rings. The highest BCUT2D eigenvalue weighted by Gasteiger charge is 2.13. The first-order chi connectivity index (χ1) is 12.8. The highest BCUT2D eigenvalue weighted by atomic mass is 35.5. The Hall–Kier alpha value is -3.00. The highest BCUT2D eigenvalue weighted by Crippen LogP contribution is 2.26. The van der Waals surface area contributed by atoms with Crippen LogP contribution in [0.2, 0.25) is 5.02 Å². The van der Waals surface area contributed by atoms with Crippen molar-refractivity contribution in [3.8, 4) is 5.75 Å². The van der Waals surface area contributed by atoms with Crippen LogP contribution in [0.1, 0.15) is 16.9 Å². The van der Waals surface area contributed by atoms with E-state index in [-0.39, 0.29) is 13.2 Å². The lowest BCUT2D eigenvalue weighted by molar-refractivity contribution is -0.150. The van der Waals surface area contributed by atoms with Gasteiger partial charge in [-0.05, 0) is 49.2 Å². The van der Waals surface area contributed by atoms with Gasteiger partial charge >= 0.3 is 12.0 Å². The number of carbonyl (C=O) groups excluding carboxylic acids is 3. The molecule has 0 unspecified atom stereocenters. The maximum absolute atomic E-state index is 11.7. The standard InChI is InChI=1S/C18H19ClN2O6/c1-11-6-13(19)7-12(2)17(11)27-10-16(23)26-9-15(22)21-18(24)20-8-14-4-3-5-25-14/h3-7H,8-10H2,1-2H3,(H2,20,21,22,24). The average Bonchev–Trinajstić information content (AvgIpc) is 3.10. The van der Waals surface area contributed by atoms with Crippen LogP contribution in [0, 0.1) is 13.8 Å². The first-order valence-corrected chi connectivity index (χ1v) is 8.38. The van der Waals surface area contributed by atoms with Crippen LogP contribution < -0.4 is 15.4 Å². The molecular formula is C18H19ClN2O6. The molecule has 0 radical (unpaired) electrons. The van der Waals surface area contributed by atoms with Gasteiger partial charge in [0.25, 0.3) is 5.91 Å². The Morgan fingerprint density at radius 1 is 1.15 bits per heavy atom. The van der Waals surface area contributed by atoms with Crippen LogP contribution in [0.4, 0.5) is 4.79 Å². The summed E-state index contributed by atoms with van der Waals surface area (Å²) >= 11 is 5.93. The van der Waals surface area contributed by atoms with Crippen molar-refractivity contribution in [2.45, 2.75) is 20.4 Å². The Bertz CT molecular complexity index is 796. The fourth-order valence-corrected chi connectivity index (χ4v) is 2.56. The molecule has 0 atom stereocenters. The molecule has 3 amide bonds. The van der Waals surface area contributed by atoms with Crippen LogP contribution in [0.25, 0.3) is 0 Å². The number of aryl methyl sites for hydroxylation is 2. The predicted octanol–water partition coefficient (Wildman–Crippen LogP) is 2.50. The number of esters is 1. The number of nitrogens with one attached hydrogen (secondary N) is 2. The van der Waals surface area contributed by atoms with E-state index in [4.69, 9.17) is 25.5 Å². The molecule has 0 spiro atoms. The lowest BCUT2D eigenvalue weighted by Gasteiger charge is -2.12. The average molecular weight is 395 g/mol. The maximum atomic E-state index is 11.7. The summed E-state index contributed by atoms with van der Waals surface area (Å²) in [7, 11) is 0. The van der Waals surface area contributed by atoms with E-state index in [9.17, 15) is 14.4 Å². The molecule has 8 nitrogen and oxygen atoms in total. The third-order valence-corrected chi connectivity index (χ3v) is 3.60. The summed E-state index contributed by atoms with van der Waals surface area (Å²) in [6.07, 6.45) is 1.47. The number of hydrogen-bond donors (Lipinski definition) is 2. The van der Waals surface area contributed by atoms with Gasteiger partial charge in [0.05, 0.1) is 12.8 Å². The summed E-state index contributed by atoms with van der Waals surface area (Å²) in [4.78, 5) is 34.9. The molecule has 0 aliphatic heterocycles. The van der Waals surface area contributed by atoms with Gasteiger partial charge in [0.1, 0.15) is 11.5 Å². The van der Waals surface area contributed by atoms with Gasteiger partial charge in [0, 0.05) is 5.02 Å². The van der Waals surface area contributed by atoms with Crippen LogP contribution in [0.3, 0.4) is 0 Å². The molecule has 1 heterocycles. The number of hydrogen-bond acceptors (Lipinski definition) is 6. The van der Waals surface area contributed by atoms with Gasteiger partial charge in [0.2, 0.25) is 0 Å². The molecule has 0 saturated carbocycles. The van der Waals surface area contributed by atoms with E-state index in [2.05, 4.69) is 5.32 Å². The number of halogens is 1. The molecule has 9 heteroatoms. The Balaban J connectivity index is 1.69. The summed E-state index contributed by atoms with van der Waals surface area (Å²) < 4.78 is 15.2. The topological polar surface area (TPSA) is 107 Å². The second-order valence-electron chi connectivity index (χ2n) is 5.63. The van der Waals surface area contributed by atoms with E-state index >= 15 is 0 Å². The van der Waals surface area contributed by atoms with Crippen molar-refractivity contribution >= 4 is 29.5 Å². The second-order valence-corrected chi connectivity index (χ2v) is 6.06. The third kappa shape index (κ3) is 6.67. The molecule has 2 N–H and O–H groups in total. The van der Waals surface area contributed by atoms with Crippen LogP contribution in [-0.2, 0) is 20.9 Å². The Labute approximate surface area is 160 Å². The minimum atomic E-state index is -0.765. The second kappa shape index (κ2) is 9.63. The van der Waals surface area contributed by atoms with Gasteiger partial charge in [-0.3, -0.25) is 10.1 Å². The molecular weight excluding hydrogens is 376 g/mol.